The summed E-state index contributed by atoms with van der Waals surface area (Å²) in [5, 5.41) is 33.4. The molecule has 2 aromatic rings. The summed E-state index contributed by atoms with van der Waals surface area (Å²) >= 11 is 0. The second-order valence-corrected chi connectivity index (χ2v) is 6.55. The van der Waals surface area contributed by atoms with Crippen LogP contribution in [0.4, 0.5) is 0 Å². The molecule has 3 rings (SSSR count). The van der Waals surface area contributed by atoms with Crippen LogP contribution in [0, 0.1) is 0 Å². The molecule has 2 heterocycles. The van der Waals surface area contributed by atoms with Crippen molar-refractivity contribution in [3.05, 3.63) is 30.0 Å². The van der Waals surface area contributed by atoms with Crippen LogP contribution in [0.15, 0.2) is 24.4 Å². The molecule has 0 radical (unpaired) electrons. The predicted octanol–water partition coefficient (Wildman–Crippen LogP) is 0.0528. The van der Waals surface area contributed by atoms with Gasteiger partial charge in [-0.1, -0.05) is 0 Å². The zero-order chi connectivity index (χ0) is 18.8. The van der Waals surface area contributed by atoms with Crippen LogP contribution in [0.5, 0.6) is 5.75 Å². The first kappa shape index (κ1) is 18.7. The summed E-state index contributed by atoms with van der Waals surface area (Å²) in [7, 11) is 0. The van der Waals surface area contributed by atoms with Gasteiger partial charge in [-0.2, -0.15) is 0 Å². The van der Waals surface area contributed by atoms with E-state index in [0.717, 1.165) is 16.5 Å². The number of ether oxygens (including phenoxy) is 2. The molecule has 8 heteroatoms. The number of fused-ring (bicyclic) bond motifs is 1. The molecule has 5 unspecified atom stereocenters. The highest BCUT2D eigenvalue weighted by atomic mass is 16.7. The van der Waals surface area contributed by atoms with Crippen LogP contribution in [-0.2, 0) is 16.0 Å². The number of nitrogens with one attached hydrogen (secondary N) is 2. The largest absolute Gasteiger partial charge is 0.462 e. The Hall–Kier alpha value is -2.13. The first-order valence-corrected chi connectivity index (χ1v) is 8.57. The van der Waals surface area contributed by atoms with E-state index in [1.807, 2.05) is 12.3 Å². The fourth-order valence-electron chi connectivity index (χ4n) is 3.06. The number of amides is 1. The van der Waals surface area contributed by atoms with Gasteiger partial charge in [0, 0.05) is 36.6 Å². The van der Waals surface area contributed by atoms with Crippen molar-refractivity contribution in [1.82, 2.24) is 10.3 Å². The molecular weight excluding hydrogens is 340 g/mol. The zero-order valence-corrected chi connectivity index (χ0v) is 14.7. The maximum absolute atomic E-state index is 11.0. The summed E-state index contributed by atoms with van der Waals surface area (Å²) in [6, 6.07) is 5.40. The molecule has 8 nitrogen and oxygen atoms in total. The van der Waals surface area contributed by atoms with Crippen molar-refractivity contribution in [1.29, 1.82) is 0 Å². The lowest BCUT2D eigenvalue weighted by Crippen LogP contribution is -2.58. The van der Waals surface area contributed by atoms with Crippen molar-refractivity contribution in [3.8, 4) is 5.75 Å². The predicted molar refractivity (Wildman–Crippen MR) is 93.7 cm³/mol. The van der Waals surface area contributed by atoms with Crippen LogP contribution < -0.4 is 10.1 Å². The minimum atomic E-state index is -1.35. The van der Waals surface area contributed by atoms with Crippen LogP contribution in [0.2, 0.25) is 0 Å². The van der Waals surface area contributed by atoms with Gasteiger partial charge in [0.2, 0.25) is 12.2 Å². The summed E-state index contributed by atoms with van der Waals surface area (Å²) in [5.74, 6) is 0.403. The molecule has 1 saturated heterocycles. The molecule has 0 spiro atoms. The Bertz CT molecular complexity index is 776. The first-order chi connectivity index (χ1) is 12.4. The number of H-pyrrole nitrogens is 1. The fraction of sp³-hybridized carbons (Fsp3) is 0.500. The average Bonchev–Trinajstić information content (AvgIpc) is 3.00. The van der Waals surface area contributed by atoms with E-state index >= 15 is 0 Å². The van der Waals surface area contributed by atoms with E-state index in [9.17, 15) is 20.1 Å². The molecule has 5 atom stereocenters. The quantitative estimate of drug-likeness (QED) is 0.511. The third-order valence-corrected chi connectivity index (χ3v) is 4.57. The maximum atomic E-state index is 11.0. The zero-order valence-electron chi connectivity index (χ0n) is 14.7. The molecule has 26 heavy (non-hydrogen) atoms. The van der Waals surface area contributed by atoms with Crippen LogP contribution in [0.1, 0.15) is 19.4 Å². The number of aliphatic hydroxyl groups excluding tert-OH is 3. The van der Waals surface area contributed by atoms with Crippen LogP contribution in [0.25, 0.3) is 10.9 Å². The van der Waals surface area contributed by atoms with Gasteiger partial charge in [0.05, 0.1) is 6.10 Å². The number of aromatic amines is 1. The third-order valence-electron chi connectivity index (χ3n) is 4.57. The molecule has 1 aliphatic rings. The van der Waals surface area contributed by atoms with Crippen molar-refractivity contribution in [2.75, 3.05) is 6.54 Å². The topological polar surface area (TPSA) is 124 Å². The first-order valence-electron chi connectivity index (χ1n) is 8.57. The molecule has 0 bridgehead atoms. The summed E-state index contributed by atoms with van der Waals surface area (Å²) in [6.07, 6.45) is -3.01. The van der Waals surface area contributed by atoms with E-state index in [1.54, 1.807) is 19.1 Å². The summed E-state index contributed by atoms with van der Waals surface area (Å²) in [5.41, 5.74) is 1.92. The summed E-state index contributed by atoms with van der Waals surface area (Å²) in [4.78, 5) is 14.1. The Balaban J connectivity index is 1.70. The lowest BCUT2D eigenvalue weighted by Gasteiger charge is -2.38. The van der Waals surface area contributed by atoms with Crippen molar-refractivity contribution in [2.45, 2.75) is 51.0 Å². The lowest BCUT2D eigenvalue weighted by molar-refractivity contribution is -0.268. The smallest absolute Gasteiger partial charge is 0.229 e. The Morgan fingerprint density at radius 1 is 1.27 bits per heavy atom. The monoisotopic (exact) mass is 364 g/mol. The fourth-order valence-corrected chi connectivity index (χ4v) is 3.06. The van der Waals surface area contributed by atoms with Crippen LogP contribution in [0.3, 0.4) is 0 Å². The normalized spacial score (nSPS) is 28.9. The summed E-state index contributed by atoms with van der Waals surface area (Å²) < 4.78 is 11.1. The highest BCUT2D eigenvalue weighted by Gasteiger charge is 2.43. The Labute approximate surface area is 150 Å². The number of aliphatic hydroxyl groups is 3. The molecule has 1 fully saturated rings. The van der Waals surface area contributed by atoms with Crippen molar-refractivity contribution in [3.63, 3.8) is 0 Å². The molecule has 1 amide bonds. The highest BCUT2D eigenvalue weighted by Crippen LogP contribution is 2.27. The Morgan fingerprint density at radius 2 is 2.04 bits per heavy atom. The minimum Gasteiger partial charge on any atom is -0.462 e. The molecule has 1 aliphatic heterocycles. The second-order valence-electron chi connectivity index (χ2n) is 6.55. The van der Waals surface area contributed by atoms with Gasteiger partial charge in [-0.25, -0.2) is 0 Å². The molecule has 1 aromatic carbocycles. The van der Waals surface area contributed by atoms with E-state index < -0.39 is 30.7 Å². The van der Waals surface area contributed by atoms with Crippen LogP contribution in [-0.4, -0.2) is 63.5 Å². The van der Waals surface area contributed by atoms with Gasteiger partial charge in [0.15, 0.2) is 0 Å². The van der Waals surface area contributed by atoms with E-state index in [0.29, 0.717) is 18.7 Å². The molecule has 0 saturated carbocycles. The third kappa shape index (κ3) is 3.83. The van der Waals surface area contributed by atoms with E-state index in [-0.39, 0.29) is 5.91 Å². The van der Waals surface area contributed by atoms with E-state index in [4.69, 9.17) is 9.47 Å². The van der Waals surface area contributed by atoms with Gasteiger partial charge in [0.1, 0.15) is 24.1 Å². The standard InChI is InChI=1S/C18H24N2O6/c1-9-15(22)16(23)17(24)18(25-9)26-12-3-4-13-11(5-6-19-10(2)21)8-20-14(13)7-12/h3-4,7-9,15-18,20,22-24H,5-6H2,1-2H3,(H,19,21). The number of benzene rings is 1. The van der Waals surface area contributed by atoms with Crippen molar-refractivity contribution >= 4 is 16.8 Å². The minimum absolute atomic E-state index is 0.0619. The molecule has 0 aliphatic carbocycles. The number of carbonyl (C=O) groups excluding carboxylic acids is 1. The highest BCUT2D eigenvalue weighted by molar-refractivity contribution is 5.84. The number of rotatable bonds is 5. The van der Waals surface area contributed by atoms with Crippen molar-refractivity contribution in [2.24, 2.45) is 0 Å². The second kappa shape index (κ2) is 7.63. The van der Waals surface area contributed by atoms with Gasteiger partial charge >= 0.3 is 0 Å². The number of aromatic nitrogens is 1. The maximum Gasteiger partial charge on any atom is 0.229 e. The lowest BCUT2D eigenvalue weighted by atomic mass is 10.00. The van der Waals surface area contributed by atoms with Gasteiger partial charge in [0.25, 0.3) is 0 Å². The van der Waals surface area contributed by atoms with Crippen LogP contribution >= 0.6 is 0 Å². The average molecular weight is 364 g/mol. The summed E-state index contributed by atoms with van der Waals surface area (Å²) in [6.45, 7) is 3.64. The molecular formula is C18H24N2O6. The van der Waals surface area contributed by atoms with E-state index in [2.05, 4.69) is 10.3 Å². The van der Waals surface area contributed by atoms with Gasteiger partial charge in [-0.3, -0.25) is 4.79 Å². The number of hydrogen-bond acceptors (Lipinski definition) is 6. The van der Waals surface area contributed by atoms with Gasteiger partial charge < -0.3 is 35.1 Å². The van der Waals surface area contributed by atoms with Crippen molar-refractivity contribution < 1.29 is 29.6 Å². The van der Waals surface area contributed by atoms with E-state index in [1.165, 1.54) is 6.92 Å². The Kier molecular flexibility index (Phi) is 5.47. The number of carbonyl (C=O) groups is 1. The Morgan fingerprint density at radius 3 is 2.77 bits per heavy atom. The molecule has 5 N–H and O–H groups in total. The number of hydrogen-bond donors (Lipinski definition) is 5. The van der Waals surface area contributed by atoms with Gasteiger partial charge in [-0.15, -0.1) is 0 Å². The molecule has 142 valence electrons. The SMILES string of the molecule is CC(=O)NCCc1c[nH]c2cc(OC3OC(C)C(O)C(O)C3O)ccc12. The van der Waals surface area contributed by atoms with Gasteiger partial charge in [-0.05, 0) is 31.0 Å². The molecule has 1 aromatic heterocycles.